The first-order valence-electron chi connectivity index (χ1n) is 54.7. The van der Waals surface area contributed by atoms with E-state index in [2.05, 4.69) is 156 Å². The molecule has 682 valence electrons. The van der Waals surface area contributed by atoms with Crippen molar-refractivity contribution < 1.29 is 12.3 Å². The van der Waals surface area contributed by atoms with Crippen molar-refractivity contribution in [3.05, 3.63) is 144 Å². The normalized spacial score (nSPS) is 22.9. The molecule has 0 radical (unpaired) electrons. The maximum absolute atomic E-state index is 8.35. The van der Waals surface area contributed by atoms with Gasteiger partial charge in [0.25, 0.3) is 0 Å². The Morgan fingerprint density at radius 1 is 0.172 bits per heavy atom. The number of hydrogen-bond acceptors (Lipinski definition) is 6. The second-order valence-corrected chi connectivity index (χ2v) is 94.2. The van der Waals surface area contributed by atoms with Gasteiger partial charge in [0.05, 0.1) is 0 Å². The van der Waals surface area contributed by atoms with E-state index in [9.17, 15) is 0 Å². The van der Waals surface area contributed by atoms with E-state index in [-0.39, 0.29) is 0 Å². The monoisotopic (exact) mass is 2150 g/mol. The van der Waals surface area contributed by atoms with Gasteiger partial charge < -0.3 is 0 Å². The second kappa shape index (κ2) is 42.2. The molecule has 0 spiro atoms. The molecule has 3 aromatic heterocycles. The van der Waals surface area contributed by atoms with Gasteiger partial charge in [0.2, 0.25) is 0 Å². The summed E-state index contributed by atoms with van der Waals surface area (Å²) in [5.74, 6) is 4.59. The third-order valence-corrected chi connectivity index (χ3v) is 108. The zero-order chi connectivity index (χ0) is 85.5. The molecule has 12 heteroatoms. The molecule has 0 unspecified atom stereocenters. The fraction of sp³-hybridized carbons (Fsp3) is 0.621. The summed E-state index contributed by atoms with van der Waals surface area (Å²) in [7, 11) is 0. The average Bonchev–Trinajstić information content (AvgIpc) is 1.13. The Balaban J connectivity index is 0.747. The molecule has 8 bridgehead atoms. The van der Waals surface area contributed by atoms with Crippen LogP contribution in [0.15, 0.2) is 121 Å². The molecule has 8 nitrogen and oxygen atoms in total. The van der Waals surface area contributed by atoms with E-state index in [4.69, 9.17) is 22.3 Å². The van der Waals surface area contributed by atoms with Crippen molar-refractivity contribution in [3.8, 4) is 67.5 Å². The van der Waals surface area contributed by atoms with Crippen molar-refractivity contribution in [1.82, 2.24) is 19.9 Å². The molecule has 4 aromatic carbocycles. The van der Waals surface area contributed by atoms with Gasteiger partial charge in [0.1, 0.15) is 0 Å². The van der Waals surface area contributed by atoms with Gasteiger partial charge >= 0.3 is 798 Å². The summed E-state index contributed by atoms with van der Waals surface area (Å²) in [6.45, 7) is 0. The summed E-state index contributed by atoms with van der Waals surface area (Å²) in [5, 5.41) is 0. The van der Waals surface area contributed by atoms with Crippen LogP contribution in [0.2, 0.25) is 47.2 Å². The van der Waals surface area contributed by atoms with Gasteiger partial charge in [-0.3, -0.25) is 0 Å². The molecule has 0 saturated heterocycles. The van der Waals surface area contributed by atoms with Crippen LogP contribution in [0, 0.1) is 0 Å². The number of benzene rings is 4. The SMILES string of the molecule is C1=Cc2nc1c(-c1ccc([O][Sn]([CH]3CCCCC3)([CH]3CCCCC3)[CH]3CCCCC3)cc1)c1ccc([nH]1)c(-c1ccc([O][Sn]([CH]3CCCCC3)([CH]3CCCCC3)[CH]3CCCCC3)cc1)c1nc(c(-c3ccc([O][Sn]([CH]4CCCCC4)([CH]4CCCCC4)[CH]4CCCCC4)cc3)c3ccc([nH]3)c2-c2ccc([O][Sn]([CH]3CCCCC3)([CH]3CCCCC3)[CH]3CCCCC3)cc2)C=C1. The number of aromatic nitrogens is 4. The molecule has 12 saturated carbocycles. The van der Waals surface area contributed by atoms with Gasteiger partial charge in [-0.1, -0.05) is 0 Å². The van der Waals surface area contributed by atoms with Crippen LogP contribution in [-0.2, 0) is 0 Å². The van der Waals surface area contributed by atoms with E-state index in [0.29, 0.717) is 0 Å². The minimum absolute atomic E-state index is 0.816. The number of nitrogens with one attached hydrogen (secondary N) is 2. The molecular weight excluding hydrogens is 1990 g/mol. The minimum atomic E-state index is -3.46. The first-order valence-corrected chi connectivity index (χ1v) is 79.2. The third kappa shape index (κ3) is 18.8. The standard InChI is InChI=1S/C44H30N4O4.12C6H11.4Sn/c49-29-9-1-25(2-10-29)41-33-17-19-35(45-33)42(26-3-11-30(50)12-4-26)37-21-23-39(47-37)44(28-7-15-32(52)16-8-28)40-24-22-38(48-40)43(36-20-18-34(41)46-36)27-5-13-31(51)14-6-27;12*1-2-4-6-5-3-1;;;;/h1-24,45,48-52H;12*1H,2-6H2;;;;/q;;;;;;;;;;;;;4*+1/p-4. The molecular formula is C116H158N4O4Sn4. The van der Waals surface area contributed by atoms with Crippen LogP contribution >= 0.6 is 0 Å². The molecule has 7 aromatic rings. The fourth-order valence-corrected chi connectivity index (χ4v) is 111. The average molecular weight is 2150 g/mol. The summed E-state index contributed by atoms with van der Waals surface area (Å²) in [5.41, 5.74) is 17.3. The zero-order valence-electron chi connectivity index (χ0n) is 78.7. The van der Waals surface area contributed by atoms with Gasteiger partial charge in [-0.05, 0) is 0 Å². The summed E-state index contributed by atoms with van der Waals surface area (Å²) in [6.07, 6.45) is 93.3. The van der Waals surface area contributed by atoms with Gasteiger partial charge in [-0.15, -0.1) is 0 Å². The Kier molecular flexibility index (Phi) is 29.8. The molecule has 14 aliphatic rings. The molecule has 12 fully saturated rings. The van der Waals surface area contributed by atoms with Crippen molar-refractivity contribution in [3.63, 3.8) is 0 Å². The molecule has 128 heavy (non-hydrogen) atoms. The molecule has 2 aliphatic heterocycles. The van der Waals surface area contributed by atoms with E-state index >= 15 is 0 Å². The maximum atomic E-state index is 8.35. The Labute approximate surface area is 789 Å². The molecule has 0 atom stereocenters. The molecule has 21 rings (SSSR count). The summed E-state index contributed by atoms with van der Waals surface area (Å²) >= 11 is -13.8. The number of nitrogens with zero attached hydrogens (tertiary/aromatic N) is 2. The molecule has 12 aliphatic carbocycles. The summed E-state index contributed by atoms with van der Waals surface area (Å²) < 4.78 is 43.2. The van der Waals surface area contributed by atoms with E-state index in [1.807, 2.05) is 0 Å². The van der Waals surface area contributed by atoms with E-state index in [1.54, 1.807) is 0 Å². The summed E-state index contributed by atoms with van der Waals surface area (Å²) in [4.78, 5) is 20.8. The topological polar surface area (TPSA) is 94.3 Å². The van der Waals surface area contributed by atoms with Gasteiger partial charge in [0, 0.05) is 0 Å². The van der Waals surface area contributed by atoms with Crippen LogP contribution in [0.1, 0.15) is 408 Å². The molecule has 2 N–H and O–H groups in total. The first-order chi connectivity index (χ1) is 63.4. The number of fused-ring (bicyclic) bond motifs is 8. The zero-order valence-corrected chi connectivity index (χ0v) is 90.2. The van der Waals surface area contributed by atoms with Crippen LogP contribution in [-0.4, -0.2) is 95.1 Å². The van der Waals surface area contributed by atoms with Crippen molar-refractivity contribution in [2.24, 2.45) is 0 Å². The van der Waals surface area contributed by atoms with Crippen LogP contribution in [0.25, 0.3) is 90.9 Å². The predicted molar refractivity (Wildman–Crippen MR) is 548 cm³/mol. The predicted octanol–water partition coefficient (Wildman–Crippen LogP) is 36.6. The van der Waals surface area contributed by atoms with Gasteiger partial charge in [0.15, 0.2) is 0 Å². The summed E-state index contributed by atoms with van der Waals surface area (Å²) in [6, 6.07) is 48.7. The molecule has 5 heterocycles. The van der Waals surface area contributed by atoms with Gasteiger partial charge in [-0.2, -0.15) is 0 Å². The number of hydrogen-bond donors (Lipinski definition) is 2. The fourth-order valence-electron chi connectivity index (χ4n) is 31.6. The van der Waals surface area contributed by atoms with Crippen molar-refractivity contribution in [2.45, 2.75) is 432 Å². The number of H-pyrrole nitrogens is 2. The van der Waals surface area contributed by atoms with Crippen molar-refractivity contribution in [1.29, 1.82) is 0 Å². The van der Waals surface area contributed by atoms with Crippen molar-refractivity contribution >= 4 is 122 Å². The Hall–Kier alpha value is -4.13. The van der Waals surface area contributed by atoms with Crippen LogP contribution in [0.5, 0.6) is 23.0 Å². The van der Waals surface area contributed by atoms with Crippen LogP contribution < -0.4 is 12.3 Å². The van der Waals surface area contributed by atoms with E-state index < -0.39 is 75.2 Å². The van der Waals surface area contributed by atoms with E-state index in [1.165, 1.54) is 408 Å². The Morgan fingerprint density at radius 2 is 0.305 bits per heavy atom. The van der Waals surface area contributed by atoms with Crippen LogP contribution in [0.4, 0.5) is 0 Å². The molecule has 0 amide bonds. The number of rotatable bonds is 24. The van der Waals surface area contributed by atoms with E-state index in [0.717, 1.165) is 137 Å². The van der Waals surface area contributed by atoms with Crippen LogP contribution in [0.3, 0.4) is 0 Å². The first kappa shape index (κ1) is 90.4. The second-order valence-electron chi connectivity index (χ2n) is 44.4. The Bertz CT molecular complexity index is 4230. The number of aromatic amines is 2. The third-order valence-electron chi connectivity index (χ3n) is 37.4. The van der Waals surface area contributed by atoms with Gasteiger partial charge in [-0.25, -0.2) is 0 Å². The Morgan fingerprint density at radius 3 is 0.438 bits per heavy atom. The van der Waals surface area contributed by atoms with Crippen molar-refractivity contribution in [2.75, 3.05) is 0 Å². The quantitative estimate of drug-likeness (QED) is 0.0586.